The Morgan fingerprint density at radius 2 is 2.20 bits per heavy atom. The van der Waals surface area contributed by atoms with E-state index in [1.54, 1.807) is 6.07 Å². The van der Waals surface area contributed by atoms with Crippen LogP contribution in [0.15, 0.2) is 4.52 Å². The van der Waals surface area contributed by atoms with E-state index in [-0.39, 0.29) is 18.1 Å². The smallest absolute Gasteiger partial charge is 0.364 e. The molecule has 1 aromatic heterocycles. The van der Waals surface area contributed by atoms with Crippen molar-refractivity contribution in [3.8, 4) is 6.07 Å². The molecule has 1 rings (SSSR count). The number of hydrogen-bond donors (Lipinski definition) is 0. The summed E-state index contributed by atoms with van der Waals surface area (Å²) in [7, 11) is 0. The van der Waals surface area contributed by atoms with Gasteiger partial charge in [0.2, 0.25) is 5.89 Å². The van der Waals surface area contributed by atoms with E-state index < -0.39 is 19.4 Å². The van der Waals surface area contributed by atoms with E-state index in [0.29, 0.717) is 0 Å². The highest BCUT2D eigenvalue weighted by atomic mass is 19.4. The van der Waals surface area contributed by atoms with Gasteiger partial charge in [0.25, 0.3) is 0 Å². The van der Waals surface area contributed by atoms with Gasteiger partial charge in [0.15, 0.2) is 5.82 Å². The highest BCUT2D eigenvalue weighted by molar-refractivity contribution is 4.92. The van der Waals surface area contributed by atoms with Crippen molar-refractivity contribution >= 4 is 0 Å². The fourth-order valence-corrected chi connectivity index (χ4v) is 0.746. The lowest BCUT2D eigenvalue weighted by atomic mass is 10.5. The van der Waals surface area contributed by atoms with Gasteiger partial charge in [0.05, 0.1) is 6.07 Å². The minimum absolute atomic E-state index is 0.00972. The Morgan fingerprint density at radius 3 is 2.80 bits per heavy atom. The predicted octanol–water partition coefficient (Wildman–Crippen LogP) is 1.21. The normalized spacial score (nSPS) is 11.3. The minimum atomic E-state index is -4.38. The molecule has 0 saturated heterocycles. The molecule has 82 valence electrons. The molecule has 8 heteroatoms. The number of rotatable bonds is 4. The topological polar surface area (TPSA) is 71.9 Å². The summed E-state index contributed by atoms with van der Waals surface area (Å²) in [6, 6.07) is 1.76. The summed E-state index contributed by atoms with van der Waals surface area (Å²) in [6.45, 7) is -1.76. The molecule has 0 spiro atoms. The van der Waals surface area contributed by atoms with Crippen LogP contribution in [-0.4, -0.2) is 22.9 Å². The van der Waals surface area contributed by atoms with Gasteiger partial charge in [-0.25, -0.2) is 0 Å². The van der Waals surface area contributed by atoms with Crippen molar-refractivity contribution in [3.63, 3.8) is 0 Å². The highest BCUT2D eigenvalue weighted by Gasteiger charge is 2.27. The first-order chi connectivity index (χ1) is 7.01. The van der Waals surface area contributed by atoms with Crippen molar-refractivity contribution in [2.45, 2.75) is 19.2 Å². The monoisotopic (exact) mass is 221 g/mol. The summed E-state index contributed by atoms with van der Waals surface area (Å²) in [5, 5.41) is 11.6. The summed E-state index contributed by atoms with van der Waals surface area (Å²) in [4.78, 5) is 3.63. The Bertz CT molecular complexity index is 355. The van der Waals surface area contributed by atoms with E-state index in [2.05, 4.69) is 19.4 Å². The zero-order chi connectivity index (χ0) is 11.3. The van der Waals surface area contributed by atoms with Gasteiger partial charge >= 0.3 is 6.18 Å². The molecule has 1 heterocycles. The summed E-state index contributed by atoms with van der Waals surface area (Å²) in [6.07, 6.45) is -4.45. The molecule has 0 unspecified atom stereocenters. The zero-order valence-electron chi connectivity index (χ0n) is 7.41. The zero-order valence-corrected chi connectivity index (χ0v) is 7.41. The second-order valence-corrected chi connectivity index (χ2v) is 2.55. The molecule has 0 saturated carbocycles. The van der Waals surface area contributed by atoms with Crippen LogP contribution in [0.4, 0.5) is 13.2 Å². The molecule has 0 amide bonds. The lowest BCUT2D eigenvalue weighted by Crippen LogP contribution is -2.16. The molecule has 15 heavy (non-hydrogen) atoms. The highest BCUT2D eigenvalue weighted by Crippen LogP contribution is 2.15. The van der Waals surface area contributed by atoms with Crippen molar-refractivity contribution in [3.05, 3.63) is 11.7 Å². The summed E-state index contributed by atoms with van der Waals surface area (Å²) in [5.74, 6) is 0.0487. The quantitative estimate of drug-likeness (QED) is 0.764. The van der Waals surface area contributed by atoms with Crippen molar-refractivity contribution in [2.75, 3.05) is 6.61 Å². The molecule has 0 aliphatic carbocycles. The molecule has 5 nitrogen and oxygen atoms in total. The second-order valence-electron chi connectivity index (χ2n) is 2.55. The van der Waals surface area contributed by atoms with Crippen molar-refractivity contribution in [1.82, 2.24) is 10.1 Å². The molecular weight excluding hydrogens is 215 g/mol. The van der Waals surface area contributed by atoms with Crippen LogP contribution in [0.5, 0.6) is 0 Å². The first-order valence-electron chi connectivity index (χ1n) is 3.84. The van der Waals surface area contributed by atoms with Crippen LogP contribution in [0.2, 0.25) is 0 Å². The van der Waals surface area contributed by atoms with Gasteiger partial charge in [-0.1, -0.05) is 5.16 Å². The van der Waals surface area contributed by atoms with Crippen LogP contribution < -0.4 is 0 Å². The Morgan fingerprint density at radius 1 is 1.47 bits per heavy atom. The maximum Gasteiger partial charge on any atom is 0.411 e. The minimum Gasteiger partial charge on any atom is -0.364 e. The standard InChI is InChI=1S/C7H6F3N3O2/c8-7(9,10)4-14-3-5-12-6(1-2-11)15-13-5/h1,3-4H2. The molecule has 0 aliphatic heterocycles. The fourth-order valence-electron chi connectivity index (χ4n) is 0.746. The van der Waals surface area contributed by atoms with Crippen LogP contribution in [0, 0.1) is 11.3 Å². The maximum absolute atomic E-state index is 11.7. The number of hydrogen-bond acceptors (Lipinski definition) is 5. The average molecular weight is 221 g/mol. The van der Waals surface area contributed by atoms with Gasteiger partial charge in [-0.3, -0.25) is 0 Å². The Hall–Kier alpha value is -1.62. The van der Waals surface area contributed by atoms with Crippen LogP contribution in [0.3, 0.4) is 0 Å². The second kappa shape index (κ2) is 4.75. The first-order valence-corrected chi connectivity index (χ1v) is 3.84. The van der Waals surface area contributed by atoms with E-state index in [1.807, 2.05) is 0 Å². The molecule has 0 N–H and O–H groups in total. The van der Waals surface area contributed by atoms with E-state index in [1.165, 1.54) is 0 Å². The van der Waals surface area contributed by atoms with Crippen molar-refractivity contribution in [2.24, 2.45) is 0 Å². The van der Waals surface area contributed by atoms with Gasteiger partial charge in [-0.05, 0) is 0 Å². The van der Waals surface area contributed by atoms with Crippen LogP contribution >= 0.6 is 0 Å². The third-order valence-corrected chi connectivity index (χ3v) is 1.24. The first kappa shape index (κ1) is 11.5. The molecular formula is C7H6F3N3O2. The van der Waals surface area contributed by atoms with E-state index in [4.69, 9.17) is 5.26 Å². The number of nitriles is 1. The summed E-state index contributed by atoms with van der Waals surface area (Å²) < 4.78 is 43.8. The lowest BCUT2D eigenvalue weighted by Gasteiger charge is -2.04. The molecule has 0 atom stereocenters. The predicted molar refractivity (Wildman–Crippen MR) is 39.3 cm³/mol. The number of nitrogens with zero attached hydrogens (tertiary/aromatic N) is 3. The van der Waals surface area contributed by atoms with E-state index in [9.17, 15) is 13.2 Å². The van der Waals surface area contributed by atoms with Crippen LogP contribution in [-0.2, 0) is 17.8 Å². The molecule has 1 aromatic rings. The third kappa shape index (κ3) is 4.42. The Labute approximate surface area is 82.4 Å². The third-order valence-electron chi connectivity index (χ3n) is 1.24. The number of alkyl halides is 3. The van der Waals surface area contributed by atoms with Crippen molar-refractivity contribution < 1.29 is 22.4 Å². The van der Waals surface area contributed by atoms with Gasteiger partial charge in [-0.2, -0.15) is 23.4 Å². The van der Waals surface area contributed by atoms with Gasteiger partial charge in [0, 0.05) is 0 Å². The molecule has 0 fully saturated rings. The Kier molecular flexibility index (Phi) is 3.62. The summed E-state index contributed by atoms with van der Waals surface area (Å²) in [5.41, 5.74) is 0. The van der Waals surface area contributed by atoms with Gasteiger partial charge < -0.3 is 9.26 Å². The summed E-state index contributed by atoms with van der Waals surface area (Å²) >= 11 is 0. The van der Waals surface area contributed by atoms with Crippen LogP contribution in [0.1, 0.15) is 11.7 Å². The van der Waals surface area contributed by atoms with Crippen molar-refractivity contribution in [1.29, 1.82) is 5.26 Å². The molecule has 0 bridgehead atoms. The van der Waals surface area contributed by atoms with Gasteiger partial charge in [0.1, 0.15) is 19.6 Å². The number of aromatic nitrogens is 2. The number of ether oxygens (including phenoxy) is 1. The lowest BCUT2D eigenvalue weighted by molar-refractivity contribution is -0.177. The van der Waals surface area contributed by atoms with Gasteiger partial charge in [-0.15, -0.1) is 0 Å². The number of halogens is 3. The SMILES string of the molecule is N#CCc1nc(COCC(F)(F)F)no1. The van der Waals surface area contributed by atoms with Crippen LogP contribution in [0.25, 0.3) is 0 Å². The largest absolute Gasteiger partial charge is 0.411 e. The molecule has 0 radical (unpaired) electrons. The maximum atomic E-state index is 11.7. The fraction of sp³-hybridized carbons (Fsp3) is 0.571. The van der Waals surface area contributed by atoms with E-state index >= 15 is 0 Å². The molecule has 0 aliphatic rings. The molecule has 0 aromatic carbocycles. The Balaban J connectivity index is 2.35. The average Bonchev–Trinajstić information content (AvgIpc) is 2.51. The van der Waals surface area contributed by atoms with E-state index in [0.717, 1.165) is 0 Å².